The summed E-state index contributed by atoms with van der Waals surface area (Å²) in [5, 5.41) is 0. The third-order valence-corrected chi connectivity index (χ3v) is 3.93. The zero-order valence-corrected chi connectivity index (χ0v) is 19.7. The van der Waals surface area contributed by atoms with E-state index in [1.54, 1.807) is 0 Å². The fraction of sp³-hybridized carbons (Fsp3) is 0.955. The third-order valence-electron chi connectivity index (χ3n) is 3.93. The highest BCUT2D eigenvalue weighted by Crippen LogP contribution is 2.00. The lowest BCUT2D eigenvalue weighted by Gasteiger charge is -2.08. The first-order valence-electron chi connectivity index (χ1n) is 11.6. The first-order valence-corrected chi connectivity index (χ1v) is 11.6. The number of carbonyl (C=O) groups excluding carboxylic acids is 1. The predicted molar refractivity (Wildman–Crippen MR) is 117 cm³/mol. The molecule has 0 saturated carbocycles. The van der Waals surface area contributed by atoms with Gasteiger partial charge in [0.15, 0.2) is 0 Å². The Bertz CT molecular complexity index is 375. The van der Waals surface area contributed by atoms with Gasteiger partial charge in [0.25, 0.3) is 0 Å². The van der Waals surface area contributed by atoms with E-state index < -0.39 is 6.67 Å². The maximum absolute atomic E-state index is 11.8. The molecule has 0 aliphatic rings. The summed E-state index contributed by atoms with van der Waals surface area (Å²) in [5.74, 6) is -0.161. The van der Waals surface area contributed by atoms with Crippen LogP contribution in [0.4, 0.5) is 4.39 Å². The number of hydrogen-bond donors (Lipinski definition) is 0. The number of esters is 1. The lowest BCUT2D eigenvalue weighted by molar-refractivity contribution is -0.145. The van der Waals surface area contributed by atoms with Crippen molar-refractivity contribution in [1.82, 2.24) is 0 Å². The van der Waals surface area contributed by atoms with Gasteiger partial charge in [-0.15, -0.1) is 0 Å². The molecule has 0 aliphatic carbocycles. The third kappa shape index (κ3) is 27.2. The summed E-state index contributed by atoms with van der Waals surface area (Å²) in [6, 6.07) is 0. The molecule has 0 bridgehead atoms. The summed E-state index contributed by atoms with van der Waals surface area (Å²) in [4.78, 5) is 11.4. The zero-order valence-electron chi connectivity index (χ0n) is 19.7. The van der Waals surface area contributed by atoms with Gasteiger partial charge in [0.1, 0.15) is 13.3 Å². The molecule has 0 radical (unpaired) electrons. The molecule has 0 aromatic heterocycles. The second-order valence-corrected chi connectivity index (χ2v) is 6.65. The SMILES string of the molecule is CCCCCC(=O)OCCOCCOCCOCCOCCOCCOCCOCCF. The van der Waals surface area contributed by atoms with Crippen LogP contribution in [0, 0.1) is 0 Å². The largest absolute Gasteiger partial charge is 0.463 e. The minimum atomic E-state index is -0.473. The summed E-state index contributed by atoms with van der Waals surface area (Å²) < 4.78 is 53.9. The van der Waals surface area contributed by atoms with Gasteiger partial charge in [-0.05, 0) is 6.42 Å². The van der Waals surface area contributed by atoms with Gasteiger partial charge >= 0.3 is 5.97 Å². The van der Waals surface area contributed by atoms with Crippen molar-refractivity contribution in [2.45, 2.75) is 32.6 Å². The molecule has 0 rings (SSSR count). The number of carbonyl (C=O) groups is 1. The Hall–Kier alpha value is -0.880. The standard InChI is InChI=1S/C22H43FO9/c1-2-3-4-5-22(24)32-21-20-31-19-18-30-17-16-29-15-14-28-13-12-27-11-10-26-9-8-25-7-6-23/h2-21H2,1H3. The molecule has 0 amide bonds. The van der Waals surface area contributed by atoms with Crippen LogP contribution in [0.25, 0.3) is 0 Å². The number of ether oxygens (including phenoxy) is 8. The van der Waals surface area contributed by atoms with Gasteiger partial charge in [0.2, 0.25) is 0 Å². The Balaban J connectivity index is 3.06. The molecule has 32 heavy (non-hydrogen) atoms. The minimum Gasteiger partial charge on any atom is -0.463 e. The average molecular weight is 471 g/mol. The van der Waals surface area contributed by atoms with Crippen molar-refractivity contribution in [1.29, 1.82) is 0 Å². The summed E-state index contributed by atoms with van der Waals surface area (Å²) >= 11 is 0. The van der Waals surface area contributed by atoms with Crippen molar-refractivity contribution in [3.8, 4) is 0 Å². The Morgan fingerprint density at radius 1 is 0.531 bits per heavy atom. The molecule has 9 nitrogen and oxygen atoms in total. The molecule has 192 valence electrons. The Morgan fingerprint density at radius 3 is 1.22 bits per heavy atom. The maximum Gasteiger partial charge on any atom is 0.305 e. The van der Waals surface area contributed by atoms with Crippen LogP contribution in [0.15, 0.2) is 0 Å². The van der Waals surface area contributed by atoms with Crippen LogP contribution >= 0.6 is 0 Å². The normalized spacial score (nSPS) is 11.2. The Labute approximate surface area is 192 Å². The number of hydrogen-bond acceptors (Lipinski definition) is 9. The van der Waals surface area contributed by atoms with Gasteiger partial charge in [-0.3, -0.25) is 4.79 Å². The summed E-state index contributed by atoms with van der Waals surface area (Å²) in [7, 11) is 0. The summed E-state index contributed by atoms with van der Waals surface area (Å²) in [6.07, 6.45) is 3.50. The average Bonchev–Trinajstić information content (AvgIpc) is 2.79. The van der Waals surface area contributed by atoms with Crippen LogP contribution in [-0.2, 0) is 42.7 Å². The highest BCUT2D eigenvalue weighted by atomic mass is 19.1. The van der Waals surface area contributed by atoms with E-state index in [4.69, 9.17) is 37.9 Å². The summed E-state index contributed by atoms with van der Waals surface area (Å²) in [6.45, 7) is 8.04. The van der Waals surface area contributed by atoms with Gasteiger partial charge in [-0.2, -0.15) is 0 Å². The molecular formula is C22H43FO9. The van der Waals surface area contributed by atoms with Crippen LogP contribution in [0.5, 0.6) is 0 Å². The van der Waals surface area contributed by atoms with Crippen molar-refractivity contribution in [2.24, 2.45) is 0 Å². The van der Waals surface area contributed by atoms with Crippen LogP contribution in [0.3, 0.4) is 0 Å². The number of unbranched alkanes of at least 4 members (excludes halogenated alkanes) is 2. The molecule has 0 aliphatic heterocycles. The van der Waals surface area contributed by atoms with Crippen LogP contribution in [0.2, 0.25) is 0 Å². The van der Waals surface area contributed by atoms with E-state index in [0.29, 0.717) is 92.3 Å². The van der Waals surface area contributed by atoms with E-state index in [1.165, 1.54) is 0 Å². The topological polar surface area (TPSA) is 90.9 Å². The van der Waals surface area contributed by atoms with Crippen LogP contribution in [-0.4, -0.2) is 112 Å². The lowest BCUT2D eigenvalue weighted by Crippen LogP contribution is -2.15. The van der Waals surface area contributed by atoms with Crippen molar-refractivity contribution < 1.29 is 47.1 Å². The van der Waals surface area contributed by atoms with Gasteiger partial charge in [0.05, 0.1) is 92.5 Å². The number of alkyl halides is 1. The van der Waals surface area contributed by atoms with Crippen molar-refractivity contribution in [3.05, 3.63) is 0 Å². The molecule has 10 heteroatoms. The Kier molecular flexibility index (Phi) is 27.4. The van der Waals surface area contributed by atoms with E-state index in [1.807, 2.05) is 0 Å². The first kappa shape index (κ1) is 31.1. The fourth-order valence-corrected chi connectivity index (χ4v) is 2.28. The predicted octanol–water partition coefficient (Wildman–Crippen LogP) is 2.20. The quantitative estimate of drug-likeness (QED) is 0.132. The lowest BCUT2D eigenvalue weighted by atomic mass is 10.2. The molecular weight excluding hydrogens is 427 g/mol. The molecule has 0 N–H and O–H groups in total. The number of halogens is 1. The van der Waals surface area contributed by atoms with E-state index >= 15 is 0 Å². The molecule has 0 spiro atoms. The second kappa shape index (κ2) is 28.2. The first-order chi connectivity index (χ1) is 15.8. The Morgan fingerprint density at radius 2 is 0.875 bits per heavy atom. The van der Waals surface area contributed by atoms with E-state index in [0.717, 1.165) is 19.3 Å². The molecule has 0 atom stereocenters. The van der Waals surface area contributed by atoms with Gasteiger partial charge < -0.3 is 37.9 Å². The van der Waals surface area contributed by atoms with Crippen molar-refractivity contribution >= 4 is 5.97 Å². The minimum absolute atomic E-state index is 0.114. The van der Waals surface area contributed by atoms with Crippen molar-refractivity contribution in [2.75, 3.05) is 106 Å². The van der Waals surface area contributed by atoms with Gasteiger partial charge in [-0.1, -0.05) is 19.8 Å². The van der Waals surface area contributed by atoms with Gasteiger partial charge in [-0.25, -0.2) is 4.39 Å². The zero-order chi connectivity index (χ0) is 23.4. The molecule has 0 heterocycles. The molecule has 0 aromatic rings. The van der Waals surface area contributed by atoms with E-state index in [9.17, 15) is 9.18 Å². The number of rotatable bonds is 27. The van der Waals surface area contributed by atoms with E-state index in [-0.39, 0.29) is 19.2 Å². The highest BCUT2D eigenvalue weighted by molar-refractivity contribution is 5.69. The summed E-state index contributed by atoms with van der Waals surface area (Å²) in [5.41, 5.74) is 0. The van der Waals surface area contributed by atoms with Crippen molar-refractivity contribution in [3.63, 3.8) is 0 Å². The monoisotopic (exact) mass is 470 g/mol. The van der Waals surface area contributed by atoms with E-state index in [2.05, 4.69) is 6.92 Å². The highest BCUT2D eigenvalue weighted by Gasteiger charge is 2.01. The fourth-order valence-electron chi connectivity index (χ4n) is 2.28. The maximum atomic E-state index is 11.8. The molecule has 0 unspecified atom stereocenters. The van der Waals surface area contributed by atoms with Gasteiger partial charge in [0, 0.05) is 6.42 Å². The molecule has 0 aromatic carbocycles. The molecule has 0 fully saturated rings. The van der Waals surface area contributed by atoms with Crippen LogP contribution in [0.1, 0.15) is 32.6 Å². The molecule has 0 saturated heterocycles. The second-order valence-electron chi connectivity index (χ2n) is 6.65. The smallest absolute Gasteiger partial charge is 0.305 e. The van der Waals surface area contributed by atoms with Crippen LogP contribution < -0.4 is 0 Å².